The van der Waals surface area contributed by atoms with Crippen LogP contribution in [0.3, 0.4) is 0 Å². The fraction of sp³-hybridized carbons (Fsp3) is 0.895. The molecular formula is C38H62N2O5. The molecule has 1 aliphatic heterocycles. The standard InChI is InChI=1S/C38H62N2O5/c1-24(2)25-14-19-38(33(42)43)21-20-36(6)26(32(25)38)12-13-28-35(5)17-16-29(34(3,4)27(35)15-18-37(28,36)7)39-30(41)23-40(44-8)31-11-9-10-22-45-31/h25-29,31-32H,1,9-23H2,2-8H3,(H,39,41)(H,42,43)/t25-,26?,27?,28?,29-,31+,32?,35-,36+,37+,38-/m0/s1. The van der Waals surface area contributed by atoms with Gasteiger partial charge in [0.1, 0.15) is 12.8 Å². The summed E-state index contributed by atoms with van der Waals surface area (Å²) < 4.78 is 5.90. The average Bonchev–Trinajstić information content (AvgIpc) is 3.40. The molecule has 0 spiro atoms. The van der Waals surface area contributed by atoms with Crippen LogP contribution < -0.4 is 5.32 Å². The average molecular weight is 627 g/mol. The molecule has 1 amide bonds. The summed E-state index contributed by atoms with van der Waals surface area (Å²) >= 11 is 0. The number of carboxylic acids is 1. The second-order valence-corrected chi connectivity index (χ2v) is 17.7. The number of fused-ring (bicyclic) bond motifs is 7. The Labute approximate surface area is 272 Å². The number of nitrogens with one attached hydrogen (secondary N) is 1. The summed E-state index contributed by atoms with van der Waals surface area (Å²) in [7, 11) is 1.63. The van der Waals surface area contributed by atoms with E-state index in [1.165, 1.54) is 24.8 Å². The maximum Gasteiger partial charge on any atom is 0.309 e. The van der Waals surface area contributed by atoms with Gasteiger partial charge in [0, 0.05) is 12.6 Å². The Morgan fingerprint density at radius 1 is 0.911 bits per heavy atom. The molecule has 45 heavy (non-hydrogen) atoms. The Hall–Kier alpha value is -1.44. The van der Waals surface area contributed by atoms with Crippen molar-refractivity contribution in [3.8, 4) is 0 Å². The lowest BCUT2D eigenvalue weighted by Crippen LogP contribution is -2.68. The summed E-state index contributed by atoms with van der Waals surface area (Å²) in [5, 5.41) is 15.8. The summed E-state index contributed by atoms with van der Waals surface area (Å²) in [6, 6.07) is 0.131. The van der Waals surface area contributed by atoms with Gasteiger partial charge in [-0.3, -0.25) is 14.4 Å². The van der Waals surface area contributed by atoms with E-state index >= 15 is 0 Å². The number of ether oxygens (including phenoxy) is 1. The number of carboxylic acid groups (broad SMARTS) is 1. The number of amides is 1. The van der Waals surface area contributed by atoms with Gasteiger partial charge >= 0.3 is 5.97 Å². The number of carbonyl (C=O) groups is 2. The molecule has 11 atom stereocenters. The molecule has 0 aromatic carbocycles. The second-order valence-electron chi connectivity index (χ2n) is 17.7. The van der Waals surface area contributed by atoms with Crippen LogP contribution >= 0.6 is 0 Å². The normalized spacial score (nSPS) is 47.2. The van der Waals surface area contributed by atoms with Crippen molar-refractivity contribution in [1.82, 2.24) is 10.4 Å². The highest BCUT2D eigenvalue weighted by atomic mass is 16.7. The highest BCUT2D eigenvalue weighted by Gasteiger charge is 2.72. The van der Waals surface area contributed by atoms with Crippen LogP contribution in [-0.4, -0.2) is 54.6 Å². The van der Waals surface area contributed by atoms with E-state index in [4.69, 9.17) is 9.57 Å². The van der Waals surface area contributed by atoms with Crippen LogP contribution in [0.15, 0.2) is 12.2 Å². The van der Waals surface area contributed by atoms with Gasteiger partial charge in [0.05, 0.1) is 12.5 Å². The van der Waals surface area contributed by atoms with Crippen LogP contribution in [0.2, 0.25) is 0 Å². The molecule has 0 aromatic rings. The minimum Gasteiger partial charge on any atom is -0.481 e. The monoisotopic (exact) mass is 626 g/mol. The van der Waals surface area contributed by atoms with Crippen LogP contribution in [0, 0.1) is 56.7 Å². The van der Waals surface area contributed by atoms with E-state index < -0.39 is 11.4 Å². The molecule has 6 fully saturated rings. The third-order valence-corrected chi connectivity index (χ3v) is 15.9. The lowest BCUT2D eigenvalue weighted by atomic mass is 9.32. The number of hydroxylamine groups is 2. The van der Waals surface area contributed by atoms with Crippen LogP contribution in [-0.2, 0) is 19.2 Å². The fourth-order valence-electron chi connectivity index (χ4n) is 13.4. The van der Waals surface area contributed by atoms with Crippen molar-refractivity contribution in [2.24, 2.45) is 56.7 Å². The van der Waals surface area contributed by atoms with Gasteiger partial charge in [-0.15, -0.1) is 0 Å². The molecule has 6 rings (SSSR count). The van der Waals surface area contributed by atoms with Gasteiger partial charge < -0.3 is 15.2 Å². The van der Waals surface area contributed by atoms with Crippen LogP contribution in [0.4, 0.5) is 0 Å². The Kier molecular flexibility index (Phi) is 8.64. The summed E-state index contributed by atoms with van der Waals surface area (Å²) in [6.07, 6.45) is 13.3. The number of carbonyl (C=O) groups excluding carboxylic acids is 1. The number of rotatable bonds is 7. The van der Waals surface area contributed by atoms with Gasteiger partial charge in [0.2, 0.25) is 5.91 Å². The van der Waals surface area contributed by atoms with E-state index in [9.17, 15) is 14.7 Å². The van der Waals surface area contributed by atoms with Crippen molar-refractivity contribution < 1.29 is 24.3 Å². The first-order chi connectivity index (χ1) is 21.2. The van der Waals surface area contributed by atoms with E-state index in [-0.39, 0.29) is 52.3 Å². The van der Waals surface area contributed by atoms with Crippen molar-refractivity contribution in [1.29, 1.82) is 0 Å². The van der Waals surface area contributed by atoms with Gasteiger partial charge in [-0.2, -0.15) is 5.06 Å². The van der Waals surface area contributed by atoms with Crippen molar-refractivity contribution in [3.63, 3.8) is 0 Å². The van der Waals surface area contributed by atoms with Crippen LogP contribution in [0.1, 0.15) is 125 Å². The maximum absolute atomic E-state index is 13.4. The summed E-state index contributed by atoms with van der Waals surface area (Å²) in [6.45, 7) is 20.0. The molecular weight excluding hydrogens is 564 g/mol. The molecule has 2 N–H and O–H groups in total. The van der Waals surface area contributed by atoms with Crippen LogP contribution in [0.5, 0.6) is 0 Å². The quantitative estimate of drug-likeness (QED) is 0.224. The predicted octanol–water partition coefficient (Wildman–Crippen LogP) is 7.60. The van der Waals surface area contributed by atoms with Crippen molar-refractivity contribution in [2.45, 2.75) is 137 Å². The minimum atomic E-state index is -0.572. The van der Waals surface area contributed by atoms with Crippen molar-refractivity contribution in [3.05, 3.63) is 12.2 Å². The maximum atomic E-state index is 13.4. The van der Waals surface area contributed by atoms with Crippen molar-refractivity contribution in [2.75, 3.05) is 20.3 Å². The molecule has 1 heterocycles. The molecule has 0 aromatic heterocycles. The zero-order valence-electron chi connectivity index (χ0n) is 29.4. The third kappa shape index (κ3) is 4.90. The highest BCUT2D eigenvalue weighted by molar-refractivity contribution is 5.78. The molecule has 5 aliphatic carbocycles. The first-order valence-electron chi connectivity index (χ1n) is 18.3. The van der Waals surface area contributed by atoms with Gasteiger partial charge in [0.15, 0.2) is 0 Å². The zero-order valence-corrected chi connectivity index (χ0v) is 29.4. The van der Waals surface area contributed by atoms with E-state index in [0.717, 1.165) is 70.8 Å². The molecule has 254 valence electrons. The molecule has 0 bridgehead atoms. The molecule has 7 nitrogen and oxygen atoms in total. The van der Waals surface area contributed by atoms with E-state index in [1.807, 2.05) is 0 Å². The van der Waals surface area contributed by atoms with Gasteiger partial charge in [-0.1, -0.05) is 46.8 Å². The number of allylic oxidation sites excluding steroid dienone is 1. The molecule has 1 saturated heterocycles. The highest BCUT2D eigenvalue weighted by Crippen LogP contribution is 2.77. The topological polar surface area (TPSA) is 88.1 Å². The van der Waals surface area contributed by atoms with Gasteiger partial charge in [0.25, 0.3) is 0 Å². The van der Waals surface area contributed by atoms with E-state index in [2.05, 4.69) is 53.4 Å². The molecule has 7 heteroatoms. The Morgan fingerprint density at radius 3 is 2.31 bits per heavy atom. The van der Waals surface area contributed by atoms with E-state index in [0.29, 0.717) is 23.7 Å². The lowest BCUT2D eigenvalue weighted by Gasteiger charge is -2.73. The molecule has 0 radical (unpaired) electrons. The van der Waals surface area contributed by atoms with Crippen molar-refractivity contribution >= 4 is 11.9 Å². The van der Waals surface area contributed by atoms with Gasteiger partial charge in [-0.25, -0.2) is 0 Å². The fourth-order valence-corrected chi connectivity index (χ4v) is 13.4. The van der Waals surface area contributed by atoms with Crippen LogP contribution in [0.25, 0.3) is 0 Å². The predicted molar refractivity (Wildman–Crippen MR) is 176 cm³/mol. The number of aliphatic carboxylic acids is 1. The second kappa shape index (κ2) is 11.6. The van der Waals surface area contributed by atoms with E-state index in [1.54, 1.807) is 12.2 Å². The smallest absolute Gasteiger partial charge is 0.309 e. The largest absolute Gasteiger partial charge is 0.481 e. The Bertz CT molecular complexity index is 1180. The Balaban J connectivity index is 1.21. The first kappa shape index (κ1) is 33.5. The molecule has 4 unspecified atom stereocenters. The summed E-state index contributed by atoms with van der Waals surface area (Å²) in [5.41, 5.74) is 1.10. The number of hydrogen-bond donors (Lipinski definition) is 2. The first-order valence-corrected chi connectivity index (χ1v) is 18.3. The summed E-state index contributed by atoms with van der Waals surface area (Å²) in [5.74, 6) is 1.58. The van der Waals surface area contributed by atoms with Gasteiger partial charge in [-0.05, 0) is 142 Å². The Morgan fingerprint density at radius 2 is 1.67 bits per heavy atom. The number of hydrogen-bond acceptors (Lipinski definition) is 5. The lowest BCUT2D eigenvalue weighted by molar-refractivity contribution is -0.246. The third-order valence-electron chi connectivity index (χ3n) is 15.9. The summed E-state index contributed by atoms with van der Waals surface area (Å²) in [4.78, 5) is 32.0. The zero-order chi connectivity index (χ0) is 32.6. The molecule has 5 saturated carbocycles. The minimum absolute atomic E-state index is 0.0223. The SMILES string of the molecule is C=C(C)[C@@H]1CC[C@]2(C(=O)O)CC[C@]3(C)C(CCC4[C@@]5(C)CC[C@H](NC(=O)CN(OC)[C@H]6CCCCO6)C(C)(C)C5CC[C@]43C)C12. The molecule has 6 aliphatic rings. The number of nitrogens with zero attached hydrogens (tertiary/aromatic N) is 1.